The third-order valence-electron chi connectivity index (χ3n) is 5.09. The maximum Gasteiger partial charge on any atom is 0.295 e. The number of ether oxygens (including phenoxy) is 2. The molecule has 5 rings (SSSR count). The number of fused-ring (bicyclic) bond motifs is 1. The molecular formula is C24H18FN5O4. The lowest BCUT2D eigenvalue weighted by Crippen LogP contribution is -2.19. The third-order valence-corrected chi connectivity index (χ3v) is 5.09. The number of hydrogen-bond donors (Lipinski definition) is 2. The molecule has 9 nitrogen and oxygen atoms in total. The van der Waals surface area contributed by atoms with Gasteiger partial charge < -0.3 is 20.1 Å². The molecule has 10 heteroatoms. The normalized spacial score (nSPS) is 11.8. The van der Waals surface area contributed by atoms with E-state index in [1.54, 1.807) is 49.4 Å². The number of rotatable bonds is 5. The van der Waals surface area contributed by atoms with Crippen LogP contribution in [0.4, 0.5) is 15.8 Å². The number of carbonyl (C=O) groups excluding carboxylic acids is 2. The minimum atomic E-state index is -0.590. The van der Waals surface area contributed by atoms with Gasteiger partial charge in [-0.3, -0.25) is 9.59 Å². The van der Waals surface area contributed by atoms with Crippen LogP contribution in [0.25, 0.3) is 5.69 Å². The molecule has 3 aromatic carbocycles. The molecule has 0 unspecified atom stereocenters. The monoisotopic (exact) mass is 459 g/mol. The topological polar surface area (TPSA) is 107 Å². The van der Waals surface area contributed by atoms with Crippen molar-refractivity contribution in [2.24, 2.45) is 0 Å². The molecule has 0 aliphatic carbocycles. The summed E-state index contributed by atoms with van der Waals surface area (Å²) in [4.78, 5) is 30.0. The fraction of sp³-hybridized carbons (Fsp3) is 0.0833. The molecule has 0 bridgehead atoms. The van der Waals surface area contributed by atoms with Gasteiger partial charge in [-0.05, 0) is 55.5 Å². The van der Waals surface area contributed by atoms with Gasteiger partial charge in [-0.2, -0.15) is 0 Å². The number of benzene rings is 3. The molecule has 2 N–H and O–H groups in total. The van der Waals surface area contributed by atoms with Crippen LogP contribution in [0.5, 0.6) is 11.5 Å². The summed E-state index contributed by atoms with van der Waals surface area (Å²) in [6.07, 6.45) is 0. The molecule has 0 spiro atoms. The van der Waals surface area contributed by atoms with Crippen molar-refractivity contribution in [2.45, 2.75) is 6.92 Å². The van der Waals surface area contributed by atoms with E-state index < -0.39 is 11.8 Å². The highest BCUT2D eigenvalue weighted by molar-refractivity contribution is 6.11. The molecule has 0 fully saturated rings. The quantitative estimate of drug-likeness (QED) is 0.468. The van der Waals surface area contributed by atoms with E-state index >= 15 is 0 Å². The first-order valence-corrected chi connectivity index (χ1v) is 10.3. The Kier molecular flexibility index (Phi) is 5.38. The molecule has 1 aliphatic rings. The first kappa shape index (κ1) is 21.1. The Morgan fingerprint density at radius 2 is 1.71 bits per heavy atom. The van der Waals surface area contributed by atoms with Crippen LogP contribution in [0.1, 0.15) is 26.8 Å². The van der Waals surface area contributed by atoms with Crippen molar-refractivity contribution in [2.75, 3.05) is 17.4 Å². The lowest BCUT2D eigenvalue weighted by Gasteiger charge is -2.11. The Labute approximate surface area is 193 Å². The molecule has 0 saturated carbocycles. The predicted octanol–water partition coefficient (Wildman–Crippen LogP) is 3.95. The molecule has 4 aromatic rings. The number of nitrogens with one attached hydrogen (secondary N) is 2. The summed E-state index contributed by atoms with van der Waals surface area (Å²) >= 11 is 0. The zero-order chi connectivity index (χ0) is 23.7. The second-order valence-electron chi connectivity index (χ2n) is 7.39. The highest BCUT2D eigenvalue weighted by atomic mass is 19.1. The summed E-state index contributed by atoms with van der Waals surface area (Å²) in [5, 5.41) is 9.71. The van der Waals surface area contributed by atoms with Crippen molar-refractivity contribution in [3.63, 3.8) is 0 Å². The van der Waals surface area contributed by atoms with Gasteiger partial charge in [0.1, 0.15) is 11.6 Å². The standard InChI is InChI=1S/C24H18FN5O4/c1-14-26-22(29-30(14)17-9-6-15(25)7-10-17)24(32)28-19-5-3-2-4-18(19)23(31)27-16-8-11-20-21(12-16)34-13-33-20/h2-12H,13H2,1H3,(H,27,31)(H,28,32). The van der Waals surface area contributed by atoms with E-state index in [0.29, 0.717) is 34.4 Å². The summed E-state index contributed by atoms with van der Waals surface area (Å²) in [5.74, 6) is 0.114. The minimum Gasteiger partial charge on any atom is -0.454 e. The maximum absolute atomic E-state index is 13.2. The molecular weight excluding hydrogens is 441 g/mol. The SMILES string of the molecule is Cc1nc(C(=O)Nc2ccccc2C(=O)Nc2ccc3c(c2)OCO3)nn1-c1ccc(F)cc1. The van der Waals surface area contributed by atoms with E-state index in [9.17, 15) is 14.0 Å². The molecule has 1 aliphatic heterocycles. The molecule has 0 saturated heterocycles. The number of para-hydroxylation sites is 1. The molecule has 0 atom stereocenters. The van der Waals surface area contributed by atoms with E-state index in [0.717, 1.165) is 0 Å². The highest BCUT2D eigenvalue weighted by Gasteiger charge is 2.20. The van der Waals surface area contributed by atoms with Gasteiger partial charge >= 0.3 is 0 Å². The molecule has 170 valence electrons. The number of aromatic nitrogens is 3. The second kappa shape index (κ2) is 8.66. The molecule has 1 aromatic heterocycles. The Balaban J connectivity index is 1.34. The Bertz CT molecular complexity index is 1400. The van der Waals surface area contributed by atoms with E-state index in [1.807, 2.05) is 0 Å². The summed E-state index contributed by atoms with van der Waals surface area (Å²) in [5.41, 5.74) is 1.63. The smallest absolute Gasteiger partial charge is 0.295 e. The molecule has 2 heterocycles. The van der Waals surface area contributed by atoms with E-state index in [4.69, 9.17) is 9.47 Å². The number of anilines is 2. The summed E-state index contributed by atoms with van der Waals surface area (Å²) in [6.45, 7) is 1.81. The van der Waals surface area contributed by atoms with Crippen LogP contribution in [-0.4, -0.2) is 33.4 Å². The van der Waals surface area contributed by atoms with E-state index in [2.05, 4.69) is 20.7 Å². The van der Waals surface area contributed by atoms with Gasteiger partial charge in [0.2, 0.25) is 12.6 Å². The largest absolute Gasteiger partial charge is 0.454 e. The van der Waals surface area contributed by atoms with Crippen LogP contribution in [0, 0.1) is 12.7 Å². The van der Waals surface area contributed by atoms with Gasteiger partial charge in [0, 0.05) is 11.8 Å². The van der Waals surface area contributed by atoms with E-state index in [-0.39, 0.29) is 24.0 Å². The Hall–Kier alpha value is -4.73. The number of hydrogen-bond acceptors (Lipinski definition) is 6. The average molecular weight is 459 g/mol. The molecule has 2 amide bonds. The van der Waals surface area contributed by atoms with Crippen LogP contribution in [0.3, 0.4) is 0 Å². The van der Waals surface area contributed by atoms with Crippen molar-refractivity contribution >= 4 is 23.2 Å². The minimum absolute atomic E-state index is 0.0900. The van der Waals surface area contributed by atoms with Crippen molar-refractivity contribution in [3.8, 4) is 17.2 Å². The van der Waals surface area contributed by atoms with Gasteiger partial charge in [-0.15, -0.1) is 5.10 Å². The van der Waals surface area contributed by atoms with Crippen LogP contribution in [0.2, 0.25) is 0 Å². The molecule has 34 heavy (non-hydrogen) atoms. The zero-order valence-corrected chi connectivity index (χ0v) is 17.9. The number of amides is 2. The average Bonchev–Trinajstić information content (AvgIpc) is 3.46. The van der Waals surface area contributed by atoms with Gasteiger partial charge in [-0.1, -0.05) is 12.1 Å². The number of nitrogens with zero attached hydrogens (tertiary/aromatic N) is 3. The zero-order valence-electron chi connectivity index (χ0n) is 17.9. The van der Waals surface area contributed by atoms with Crippen LogP contribution in [-0.2, 0) is 0 Å². The van der Waals surface area contributed by atoms with E-state index in [1.165, 1.54) is 28.9 Å². The van der Waals surface area contributed by atoms with Crippen molar-refractivity contribution in [3.05, 3.63) is 89.8 Å². The van der Waals surface area contributed by atoms with Crippen LogP contribution < -0.4 is 20.1 Å². The van der Waals surface area contributed by atoms with Gasteiger partial charge in [-0.25, -0.2) is 14.1 Å². The Morgan fingerprint density at radius 1 is 0.941 bits per heavy atom. The fourth-order valence-corrected chi connectivity index (χ4v) is 3.45. The number of aryl methyl sites for hydroxylation is 1. The highest BCUT2D eigenvalue weighted by Crippen LogP contribution is 2.34. The van der Waals surface area contributed by atoms with Crippen molar-refractivity contribution < 1.29 is 23.5 Å². The Morgan fingerprint density at radius 3 is 2.53 bits per heavy atom. The number of carbonyl (C=O) groups is 2. The fourth-order valence-electron chi connectivity index (χ4n) is 3.45. The number of halogens is 1. The lowest BCUT2D eigenvalue weighted by atomic mass is 10.1. The first-order valence-electron chi connectivity index (χ1n) is 10.3. The first-order chi connectivity index (χ1) is 16.5. The van der Waals surface area contributed by atoms with Gasteiger partial charge in [0.05, 0.1) is 16.9 Å². The summed E-state index contributed by atoms with van der Waals surface area (Å²) in [7, 11) is 0. The van der Waals surface area contributed by atoms with Crippen molar-refractivity contribution in [1.29, 1.82) is 0 Å². The third kappa shape index (κ3) is 4.16. The van der Waals surface area contributed by atoms with Crippen LogP contribution >= 0.6 is 0 Å². The van der Waals surface area contributed by atoms with Gasteiger partial charge in [0.15, 0.2) is 11.5 Å². The predicted molar refractivity (Wildman–Crippen MR) is 121 cm³/mol. The lowest BCUT2D eigenvalue weighted by molar-refractivity contribution is 0.101. The van der Waals surface area contributed by atoms with Gasteiger partial charge in [0.25, 0.3) is 11.8 Å². The summed E-state index contributed by atoms with van der Waals surface area (Å²) < 4.78 is 25.3. The van der Waals surface area contributed by atoms with Crippen molar-refractivity contribution in [1.82, 2.24) is 14.8 Å². The molecule has 0 radical (unpaired) electrons. The maximum atomic E-state index is 13.2. The van der Waals surface area contributed by atoms with Crippen LogP contribution in [0.15, 0.2) is 66.7 Å². The second-order valence-corrected chi connectivity index (χ2v) is 7.39. The summed E-state index contributed by atoms with van der Waals surface area (Å²) in [6, 6.07) is 17.3.